The van der Waals surface area contributed by atoms with Gasteiger partial charge < -0.3 is 15.0 Å². The third-order valence-electron chi connectivity index (χ3n) is 2.94. The Morgan fingerprint density at radius 1 is 1.45 bits per heavy atom. The molecule has 1 fully saturated rings. The minimum Gasteiger partial charge on any atom is -0.378 e. The van der Waals surface area contributed by atoms with Crippen molar-refractivity contribution < 1.29 is 14.3 Å². The molecule has 106 valence electrons. The van der Waals surface area contributed by atoms with Gasteiger partial charge in [-0.1, -0.05) is 6.08 Å². The zero-order valence-corrected chi connectivity index (χ0v) is 11.2. The first-order valence-electron chi connectivity index (χ1n) is 6.44. The van der Waals surface area contributed by atoms with E-state index in [4.69, 9.17) is 4.74 Å². The Kier molecular flexibility index (Phi) is 4.84. The molecule has 0 radical (unpaired) electrons. The van der Waals surface area contributed by atoms with Crippen molar-refractivity contribution in [1.29, 1.82) is 0 Å². The molecule has 20 heavy (non-hydrogen) atoms. The predicted molar refractivity (Wildman–Crippen MR) is 73.5 cm³/mol. The number of aromatic nitrogens is 1. The summed E-state index contributed by atoms with van der Waals surface area (Å²) in [5.74, 6) is -0.421. The van der Waals surface area contributed by atoms with Gasteiger partial charge in [-0.25, -0.2) is 0 Å². The maximum Gasteiger partial charge on any atom is 0.270 e. The van der Waals surface area contributed by atoms with Crippen molar-refractivity contribution in [2.24, 2.45) is 0 Å². The molecule has 0 atom stereocenters. The fourth-order valence-corrected chi connectivity index (χ4v) is 1.89. The maximum absolute atomic E-state index is 12.3. The fourth-order valence-electron chi connectivity index (χ4n) is 1.89. The Bertz CT molecular complexity index is 510. The summed E-state index contributed by atoms with van der Waals surface area (Å²) in [6.07, 6.45) is 3.05. The highest BCUT2D eigenvalue weighted by Crippen LogP contribution is 2.08. The van der Waals surface area contributed by atoms with Crippen molar-refractivity contribution in [3.63, 3.8) is 0 Å². The number of nitrogens with one attached hydrogen (secondary N) is 1. The van der Waals surface area contributed by atoms with E-state index in [1.54, 1.807) is 17.0 Å². The van der Waals surface area contributed by atoms with Crippen molar-refractivity contribution >= 4 is 11.8 Å². The molecule has 1 aromatic heterocycles. The van der Waals surface area contributed by atoms with Crippen LogP contribution < -0.4 is 5.32 Å². The molecule has 1 aliphatic heterocycles. The second-order valence-corrected chi connectivity index (χ2v) is 4.33. The number of amides is 2. The molecule has 6 heteroatoms. The monoisotopic (exact) mass is 275 g/mol. The van der Waals surface area contributed by atoms with E-state index in [1.807, 2.05) is 0 Å². The van der Waals surface area contributed by atoms with Gasteiger partial charge in [0.2, 0.25) is 0 Å². The Morgan fingerprint density at radius 3 is 2.90 bits per heavy atom. The molecule has 0 aromatic carbocycles. The molecule has 0 saturated carbocycles. The zero-order chi connectivity index (χ0) is 14.4. The van der Waals surface area contributed by atoms with Gasteiger partial charge in [0, 0.05) is 31.4 Å². The lowest BCUT2D eigenvalue weighted by Gasteiger charge is -2.26. The molecule has 2 rings (SSSR count). The molecule has 0 spiro atoms. The number of morpholine rings is 1. The first-order valence-corrected chi connectivity index (χ1v) is 6.44. The molecule has 1 aromatic rings. The molecular formula is C14H17N3O3. The first kappa shape index (κ1) is 14.2. The van der Waals surface area contributed by atoms with Gasteiger partial charge in [-0.05, 0) is 12.1 Å². The minimum absolute atomic E-state index is 0.103. The molecule has 1 saturated heterocycles. The van der Waals surface area contributed by atoms with E-state index in [2.05, 4.69) is 16.9 Å². The topological polar surface area (TPSA) is 71.5 Å². The van der Waals surface area contributed by atoms with Crippen molar-refractivity contribution in [3.05, 3.63) is 42.2 Å². The van der Waals surface area contributed by atoms with Crippen LogP contribution in [0.25, 0.3) is 0 Å². The smallest absolute Gasteiger partial charge is 0.270 e. The Balaban J connectivity index is 2.10. The number of ether oxygens (including phenoxy) is 1. The Morgan fingerprint density at radius 2 is 2.20 bits per heavy atom. The lowest BCUT2D eigenvalue weighted by molar-refractivity contribution is 0.0303. The van der Waals surface area contributed by atoms with E-state index in [-0.39, 0.29) is 17.5 Å². The van der Waals surface area contributed by atoms with Gasteiger partial charge in [-0.3, -0.25) is 14.6 Å². The number of nitrogens with zero attached hydrogens (tertiary/aromatic N) is 2. The third kappa shape index (κ3) is 3.42. The van der Waals surface area contributed by atoms with Crippen LogP contribution in [0.4, 0.5) is 0 Å². The number of rotatable bonds is 4. The molecule has 0 bridgehead atoms. The van der Waals surface area contributed by atoms with Gasteiger partial charge in [-0.2, -0.15) is 0 Å². The lowest BCUT2D eigenvalue weighted by Crippen LogP contribution is -2.40. The average molecular weight is 275 g/mol. The van der Waals surface area contributed by atoms with E-state index in [0.29, 0.717) is 38.4 Å². The highest BCUT2D eigenvalue weighted by molar-refractivity contribution is 5.98. The summed E-state index contributed by atoms with van der Waals surface area (Å²) in [4.78, 5) is 29.8. The molecule has 6 nitrogen and oxygen atoms in total. The summed E-state index contributed by atoms with van der Waals surface area (Å²) in [5, 5.41) is 2.63. The SMILES string of the molecule is C=CCNC(=O)c1cc(C(=O)N2CCOCC2)ccn1. The van der Waals surface area contributed by atoms with Gasteiger partial charge in [0.1, 0.15) is 5.69 Å². The lowest BCUT2D eigenvalue weighted by atomic mass is 10.2. The maximum atomic E-state index is 12.3. The van der Waals surface area contributed by atoms with E-state index in [9.17, 15) is 9.59 Å². The Labute approximate surface area is 117 Å². The minimum atomic E-state index is -0.318. The van der Waals surface area contributed by atoms with Crippen LogP contribution >= 0.6 is 0 Å². The summed E-state index contributed by atoms with van der Waals surface area (Å²) in [7, 11) is 0. The van der Waals surface area contributed by atoms with Crippen molar-refractivity contribution in [2.45, 2.75) is 0 Å². The number of pyridine rings is 1. The summed E-state index contributed by atoms with van der Waals surface area (Å²) in [6, 6.07) is 3.12. The summed E-state index contributed by atoms with van der Waals surface area (Å²) >= 11 is 0. The van der Waals surface area contributed by atoms with Crippen molar-refractivity contribution in [2.75, 3.05) is 32.8 Å². The molecule has 0 unspecified atom stereocenters. The van der Waals surface area contributed by atoms with Crippen LogP contribution in [0.5, 0.6) is 0 Å². The second-order valence-electron chi connectivity index (χ2n) is 4.33. The standard InChI is InChI=1S/C14H17N3O3/c1-2-4-16-13(18)12-10-11(3-5-15-12)14(19)17-6-8-20-9-7-17/h2-3,5,10H,1,4,6-9H2,(H,16,18). The summed E-state index contributed by atoms with van der Waals surface area (Å²) in [5.41, 5.74) is 0.691. The molecular weight excluding hydrogens is 258 g/mol. The van der Waals surface area contributed by atoms with Crippen molar-refractivity contribution in [3.8, 4) is 0 Å². The van der Waals surface area contributed by atoms with Crippen LogP contribution in [0.15, 0.2) is 31.0 Å². The predicted octanol–water partition coefficient (Wildman–Crippen LogP) is 0.470. The second kappa shape index (κ2) is 6.81. The average Bonchev–Trinajstić information content (AvgIpc) is 2.52. The summed E-state index contributed by atoms with van der Waals surface area (Å²) < 4.78 is 5.21. The van der Waals surface area contributed by atoms with Crippen LogP contribution in [0.1, 0.15) is 20.8 Å². The zero-order valence-electron chi connectivity index (χ0n) is 11.2. The number of hydrogen-bond acceptors (Lipinski definition) is 4. The van der Waals surface area contributed by atoms with Crippen molar-refractivity contribution in [1.82, 2.24) is 15.2 Å². The molecule has 1 aliphatic rings. The van der Waals surface area contributed by atoms with E-state index in [1.165, 1.54) is 12.3 Å². The number of hydrogen-bond donors (Lipinski definition) is 1. The third-order valence-corrected chi connectivity index (χ3v) is 2.94. The van der Waals surface area contributed by atoms with Crippen LogP contribution in [0, 0.1) is 0 Å². The largest absolute Gasteiger partial charge is 0.378 e. The van der Waals surface area contributed by atoms with Gasteiger partial charge >= 0.3 is 0 Å². The van der Waals surface area contributed by atoms with Gasteiger partial charge in [-0.15, -0.1) is 6.58 Å². The molecule has 0 aliphatic carbocycles. The normalized spacial score (nSPS) is 14.7. The molecule has 2 amide bonds. The van der Waals surface area contributed by atoms with Gasteiger partial charge in [0.25, 0.3) is 11.8 Å². The molecule has 1 N–H and O–H groups in total. The summed E-state index contributed by atoms with van der Waals surface area (Å²) in [6.45, 7) is 6.12. The number of carbonyl (C=O) groups excluding carboxylic acids is 2. The Hall–Kier alpha value is -2.21. The van der Waals surface area contributed by atoms with E-state index >= 15 is 0 Å². The fraction of sp³-hybridized carbons (Fsp3) is 0.357. The van der Waals surface area contributed by atoms with E-state index < -0.39 is 0 Å². The highest BCUT2D eigenvalue weighted by Gasteiger charge is 2.19. The van der Waals surface area contributed by atoms with Crippen LogP contribution in [0.2, 0.25) is 0 Å². The number of carbonyl (C=O) groups is 2. The van der Waals surface area contributed by atoms with Gasteiger partial charge in [0.15, 0.2) is 0 Å². The van der Waals surface area contributed by atoms with Gasteiger partial charge in [0.05, 0.1) is 13.2 Å². The van der Waals surface area contributed by atoms with E-state index in [0.717, 1.165) is 0 Å². The van der Waals surface area contributed by atoms with Crippen LogP contribution in [-0.2, 0) is 4.74 Å². The molecule has 2 heterocycles. The quantitative estimate of drug-likeness (QED) is 0.811. The van der Waals surface area contributed by atoms with Crippen LogP contribution in [0.3, 0.4) is 0 Å². The first-order chi connectivity index (χ1) is 9.72. The highest BCUT2D eigenvalue weighted by atomic mass is 16.5. The van der Waals surface area contributed by atoms with Crippen LogP contribution in [-0.4, -0.2) is 54.5 Å².